The predicted molar refractivity (Wildman–Crippen MR) is 119 cm³/mol. The minimum atomic E-state index is -1.69. The van der Waals surface area contributed by atoms with Gasteiger partial charge in [-0.25, -0.2) is 0 Å². The molecule has 2 aromatic carbocycles. The van der Waals surface area contributed by atoms with Crippen molar-refractivity contribution in [2.24, 2.45) is 0 Å². The number of aromatic hydroxyl groups is 2. The van der Waals surface area contributed by atoms with E-state index in [-0.39, 0.29) is 45.3 Å². The van der Waals surface area contributed by atoms with E-state index in [2.05, 4.69) is 0 Å². The van der Waals surface area contributed by atoms with E-state index in [4.69, 9.17) is 23.4 Å². The molecule has 188 valence electrons. The average Bonchev–Trinajstić information content (AvgIpc) is 2.83. The molecule has 1 aromatic heterocycles. The summed E-state index contributed by atoms with van der Waals surface area (Å²) in [5.74, 6) is -0.928. The molecule has 1 saturated heterocycles. The van der Waals surface area contributed by atoms with Crippen molar-refractivity contribution in [1.29, 1.82) is 0 Å². The fourth-order valence-corrected chi connectivity index (χ4v) is 3.83. The number of hydrogen-bond donors (Lipinski definition) is 6. The second kappa shape index (κ2) is 9.60. The van der Waals surface area contributed by atoms with Crippen LogP contribution in [0.3, 0.4) is 0 Å². The van der Waals surface area contributed by atoms with Gasteiger partial charge < -0.3 is 54.0 Å². The van der Waals surface area contributed by atoms with Gasteiger partial charge in [-0.05, 0) is 18.2 Å². The Morgan fingerprint density at radius 3 is 2.31 bits per heavy atom. The number of phenols is 2. The molecule has 1 aliphatic rings. The summed E-state index contributed by atoms with van der Waals surface area (Å²) in [4.78, 5) is 13.1. The lowest BCUT2D eigenvalue weighted by atomic mass is 9.99. The molecule has 0 bridgehead atoms. The number of fused-ring (bicyclic) bond motifs is 1. The SMILES string of the molecule is COc1ccc(-c2oc3cc(O[C@@H]4OC(CO)[C@@H](O)C(O)[C@@H]4O)cc(O)c3c(=O)c2OC)cc1O. The third-order valence-corrected chi connectivity index (χ3v) is 5.65. The van der Waals surface area contributed by atoms with Gasteiger partial charge in [-0.15, -0.1) is 0 Å². The van der Waals surface area contributed by atoms with E-state index in [1.54, 1.807) is 0 Å². The van der Waals surface area contributed by atoms with Crippen LogP contribution in [0.25, 0.3) is 22.3 Å². The monoisotopic (exact) mass is 492 g/mol. The molecule has 2 unspecified atom stereocenters. The van der Waals surface area contributed by atoms with E-state index >= 15 is 0 Å². The second-order valence-electron chi connectivity index (χ2n) is 7.81. The molecule has 5 atom stereocenters. The molecule has 0 amide bonds. The lowest BCUT2D eigenvalue weighted by molar-refractivity contribution is -0.277. The van der Waals surface area contributed by atoms with Crippen LogP contribution >= 0.6 is 0 Å². The maximum absolute atomic E-state index is 13.1. The Kier molecular flexibility index (Phi) is 6.74. The molecular weight excluding hydrogens is 468 g/mol. The van der Waals surface area contributed by atoms with Crippen LogP contribution in [0.15, 0.2) is 39.5 Å². The summed E-state index contributed by atoms with van der Waals surface area (Å²) in [6.45, 7) is -0.652. The Morgan fingerprint density at radius 1 is 0.943 bits per heavy atom. The van der Waals surface area contributed by atoms with Crippen molar-refractivity contribution in [2.45, 2.75) is 30.7 Å². The molecule has 35 heavy (non-hydrogen) atoms. The molecule has 12 heteroatoms. The first-order valence-corrected chi connectivity index (χ1v) is 10.4. The number of methoxy groups -OCH3 is 2. The molecular formula is C23H24O12. The van der Waals surface area contributed by atoms with Gasteiger partial charge in [-0.2, -0.15) is 0 Å². The highest BCUT2D eigenvalue weighted by molar-refractivity contribution is 5.88. The Morgan fingerprint density at radius 2 is 1.69 bits per heavy atom. The van der Waals surface area contributed by atoms with Gasteiger partial charge in [-0.3, -0.25) is 4.79 Å². The topological polar surface area (TPSA) is 189 Å². The zero-order valence-corrected chi connectivity index (χ0v) is 18.6. The first kappa shape index (κ1) is 24.6. The fraction of sp³-hybridized carbons (Fsp3) is 0.348. The molecule has 1 fully saturated rings. The standard InChI is InChI=1S/C23H24O12/c1-31-13-4-3-9(5-11(13)25)21-22(32-2)18(28)16-12(26)6-10(7-14(16)34-21)33-23-20(30)19(29)17(27)15(8-24)35-23/h3-7,15,17,19-20,23-27,29-30H,8H2,1-2H3/t15?,17-,19?,20+,23-/m1/s1. The number of hydrogen-bond acceptors (Lipinski definition) is 12. The summed E-state index contributed by atoms with van der Waals surface area (Å²) in [7, 11) is 2.63. The average molecular weight is 492 g/mol. The van der Waals surface area contributed by atoms with Gasteiger partial charge in [0.2, 0.25) is 17.5 Å². The number of rotatable bonds is 6. The molecule has 12 nitrogen and oxygen atoms in total. The normalized spacial score (nSPS) is 24.3. The van der Waals surface area contributed by atoms with Crippen LogP contribution in [-0.4, -0.2) is 82.2 Å². The highest BCUT2D eigenvalue weighted by Crippen LogP contribution is 2.39. The van der Waals surface area contributed by atoms with Crippen LogP contribution in [0.4, 0.5) is 0 Å². The van der Waals surface area contributed by atoms with Crippen LogP contribution in [0.5, 0.6) is 28.7 Å². The first-order chi connectivity index (χ1) is 16.7. The largest absolute Gasteiger partial charge is 0.507 e. The molecule has 6 N–H and O–H groups in total. The number of benzene rings is 2. The van der Waals surface area contributed by atoms with Gasteiger partial charge >= 0.3 is 0 Å². The van der Waals surface area contributed by atoms with Crippen molar-refractivity contribution in [3.8, 4) is 40.1 Å². The Labute approximate surface area is 197 Å². The van der Waals surface area contributed by atoms with Crippen molar-refractivity contribution in [3.63, 3.8) is 0 Å². The Balaban J connectivity index is 1.79. The number of aliphatic hydroxyl groups is 4. The molecule has 2 heterocycles. The van der Waals surface area contributed by atoms with Gasteiger partial charge in [0.1, 0.15) is 46.9 Å². The van der Waals surface area contributed by atoms with Crippen LogP contribution in [0, 0.1) is 0 Å². The lowest BCUT2D eigenvalue weighted by Crippen LogP contribution is -2.60. The number of phenolic OH excluding ortho intramolecular Hbond substituents is 2. The summed E-state index contributed by atoms with van der Waals surface area (Å²) in [5, 5.41) is 59.9. The van der Waals surface area contributed by atoms with Crippen LogP contribution in [-0.2, 0) is 4.74 Å². The van der Waals surface area contributed by atoms with Crippen molar-refractivity contribution in [1.82, 2.24) is 0 Å². The summed E-state index contributed by atoms with van der Waals surface area (Å²) in [5.41, 5.74) is -0.546. The minimum absolute atomic E-state index is 0.0488. The van der Waals surface area contributed by atoms with E-state index in [9.17, 15) is 35.4 Å². The molecule has 0 spiro atoms. The molecule has 0 saturated carbocycles. The van der Waals surface area contributed by atoms with Crippen molar-refractivity contribution in [2.75, 3.05) is 20.8 Å². The van der Waals surface area contributed by atoms with Crippen LogP contribution < -0.4 is 19.6 Å². The Hall–Kier alpha value is -3.55. The predicted octanol–water partition coefficient (Wildman–Crippen LogP) is 0.0671. The summed E-state index contributed by atoms with van der Waals surface area (Å²) >= 11 is 0. The van der Waals surface area contributed by atoms with Crippen molar-refractivity contribution >= 4 is 11.0 Å². The van der Waals surface area contributed by atoms with Crippen molar-refractivity contribution in [3.05, 3.63) is 40.6 Å². The fourth-order valence-electron chi connectivity index (χ4n) is 3.83. The second-order valence-corrected chi connectivity index (χ2v) is 7.81. The highest BCUT2D eigenvalue weighted by Gasteiger charge is 2.44. The number of aliphatic hydroxyl groups excluding tert-OH is 4. The smallest absolute Gasteiger partial charge is 0.239 e. The molecule has 4 rings (SSSR count). The maximum atomic E-state index is 13.1. The van der Waals surface area contributed by atoms with Gasteiger partial charge in [0.05, 0.1) is 20.8 Å². The molecule has 3 aromatic rings. The van der Waals surface area contributed by atoms with E-state index in [1.165, 1.54) is 38.5 Å². The van der Waals surface area contributed by atoms with Crippen molar-refractivity contribution < 1.29 is 54.0 Å². The van der Waals surface area contributed by atoms with E-state index in [0.29, 0.717) is 0 Å². The lowest BCUT2D eigenvalue weighted by Gasteiger charge is -2.39. The first-order valence-electron chi connectivity index (χ1n) is 10.4. The van der Waals surface area contributed by atoms with Gasteiger partial charge in [0, 0.05) is 17.7 Å². The third-order valence-electron chi connectivity index (χ3n) is 5.65. The Bertz CT molecular complexity index is 1280. The minimum Gasteiger partial charge on any atom is -0.507 e. The molecule has 1 aliphatic heterocycles. The quantitative estimate of drug-likeness (QED) is 0.272. The van der Waals surface area contributed by atoms with Crippen LogP contribution in [0.2, 0.25) is 0 Å². The third kappa shape index (κ3) is 4.33. The molecule has 0 radical (unpaired) electrons. The van der Waals surface area contributed by atoms with E-state index in [1.807, 2.05) is 0 Å². The summed E-state index contributed by atoms with van der Waals surface area (Å²) in [6.07, 6.45) is -7.66. The maximum Gasteiger partial charge on any atom is 0.239 e. The van der Waals surface area contributed by atoms with Crippen LogP contribution in [0.1, 0.15) is 0 Å². The summed E-state index contributed by atoms with van der Waals surface area (Å²) < 4.78 is 26.9. The number of ether oxygens (including phenoxy) is 4. The highest BCUT2D eigenvalue weighted by atomic mass is 16.7. The van der Waals surface area contributed by atoms with E-state index in [0.717, 1.165) is 6.07 Å². The molecule has 0 aliphatic carbocycles. The zero-order chi connectivity index (χ0) is 25.4. The van der Waals surface area contributed by atoms with Gasteiger partial charge in [0.15, 0.2) is 17.3 Å². The zero-order valence-electron chi connectivity index (χ0n) is 18.6. The van der Waals surface area contributed by atoms with Gasteiger partial charge in [-0.1, -0.05) is 0 Å². The van der Waals surface area contributed by atoms with Gasteiger partial charge in [0.25, 0.3) is 0 Å². The van der Waals surface area contributed by atoms with E-state index < -0.39 is 48.5 Å². The summed E-state index contributed by atoms with van der Waals surface area (Å²) in [6, 6.07) is 6.60.